The Labute approximate surface area is 187 Å². The summed E-state index contributed by atoms with van der Waals surface area (Å²) >= 11 is 2.54. The van der Waals surface area contributed by atoms with E-state index >= 15 is 0 Å². The molecule has 8 nitrogen and oxygen atoms in total. The van der Waals surface area contributed by atoms with Gasteiger partial charge in [-0.1, -0.05) is 59.5 Å². The van der Waals surface area contributed by atoms with E-state index in [9.17, 15) is 19.7 Å². The highest BCUT2D eigenvalue weighted by atomic mass is 32.2. The lowest BCUT2D eigenvalue weighted by molar-refractivity contribution is -0.385. The number of amides is 2. The molecular weight excluding hydrogens is 436 g/mol. The van der Waals surface area contributed by atoms with Gasteiger partial charge in [-0.05, 0) is 19.9 Å². The molecule has 0 atom stereocenters. The summed E-state index contributed by atoms with van der Waals surface area (Å²) in [6, 6.07) is 13.7. The van der Waals surface area contributed by atoms with E-state index < -0.39 is 10.8 Å². The average molecular weight is 457 g/mol. The summed E-state index contributed by atoms with van der Waals surface area (Å²) in [5.41, 5.74) is 1.95. The summed E-state index contributed by atoms with van der Waals surface area (Å²) in [5.74, 6) is -0.349. The number of benzene rings is 2. The van der Waals surface area contributed by atoms with Crippen molar-refractivity contribution in [2.24, 2.45) is 0 Å². The zero-order valence-electron chi connectivity index (χ0n) is 16.9. The highest BCUT2D eigenvalue weighted by Gasteiger charge is 2.19. The minimum atomic E-state index is -0.510. The molecule has 3 rings (SSSR count). The molecule has 3 aromatic rings. The number of nitro groups is 1. The van der Waals surface area contributed by atoms with E-state index in [2.05, 4.69) is 15.6 Å². The van der Waals surface area contributed by atoms with Crippen LogP contribution in [0.2, 0.25) is 0 Å². The van der Waals surface area contributed by atoms with Gasteiger partial charge >= 0.3 is 0 Å². The van der Waals surface area contributed by atoms with E-state index in [0.29, 0.717) is 27.1 Å². The van der Waals surface area contributed by atoms with Gasteiger partial charge in [0.05, 0.1) is 10.7 Å². The van der Waals surface area contributed by atoms with Crippen LogP contribution in [-0.2, 0) is 4.79 Å². The second-order valence-electron chi connectivity index (χ2n) is 6.48. The third kappa shape index (κ3) is 5.68. The summed E-state index contributed by atoms with van der Waals surface area (Å²) < 4.78 is 0.635. The van der Waals surface area contributed by atoms with E-state index in [1.165, 1.54) is 29.2 Å². The SMILES string of the molecule is CCNC(=O)CSc1nc(-c2ccccc2)c(NC(=O)c2ccc(C)c([N+](=O)[O-])c2)s1. The fourth-order valence-electron chi connectivity index (χ4n) is 2.74. The molecule has 0 spiro atoms. The van der Waals surface area contributed by atoms with Crippen molar-refractivity contribution in [1.82, 2.24) is 10.3 Å². The molecule has 0 radical (unpaired) electrons. The van der Waals surface area contributed by atoms with Crippen LogP contribution in [0.4, 0.5) is 10.7 Å². The fraction of sp³-hybridized carbons (Fsp3) is 0.190. The van der Waals surface area contributed by atoms with Gasteiger partial charge in [-0.2, -0.15) is 0 Å². The van der Waals surface area contributed by atoms with Crippen LogP contribution in [-0.4, -0.2) is 34.0 Å². The highest BCUT2D eigenvalue weighted by Crippen LogP contribution is 2.38. The predicted octanol–water partition coefficient (Wildman–Crippen LogP) is 4.51. The minimum absolute atomic E-state index is 0.0958. The second-order valence-corrected chi connectivity index (χ2v) is 8.70. The third-order valence-corrected chi connectivity index (χ3v) is 6.36. The Morgan fingerprint density at radius 3 is 2.61 bits per heavy atom. The number of thiazole rings is 1. The molecule has 0 bridgehead atoms. The molecule has 0 aliphatic rings. The van der Waals surface area contributed by atoms with E-state index in [-0.39, 0.29) is 22.9 Å². The first-order valence-electron chi connectivity index (χ1n) is 9.41. The first-order valence-corrected chi connectivity index (χ1v) is 11.2. The summed E-state index contributed by atoms with van der Waals surface area (Å²) in [4.78, 5) is 39.9. The normalized spacial score (nSPS) is 10.5. The van der Waals surface area contributed by atoms with Gasteiger partial charge in [0.1, 0.15) is 10.7 Å². The third-order valence-electron chi connectivity index (χ3n) is 4.25. The van der Waals surface area contributed by atoms with Crippen LogP contribution in [0.5, 0.6) is 0 Å². The van der Waals surface area contributed by atoms with E-state index in [0.717, 1.165) is 5.56 Å². The molecule has 10 heteroatoms. The number of carbonyl (C=O) groups excluding carboxylic acids is 2. The lowest BCUT2D eigenvalue weighted by Crippen LogP contribution is -2.24. The summed E-state index contributed by atoms with van der Waals surface area (Å²) in [7, 11) is 0. The molecule has 0 saturated carbocycles. The Bertz CT molecular complexity index is 1120. The van der Waals surface area contributed by atoms with E-state index in [4.69, 9.17) is 0 Å². The van der Waals surface area contributed by atoms with Gasteiger partial charge in [-0.25, -0.2) is 4.98 Å². The second kappa shape index (κ2) is 10.2. The molecule has 0 saturated heterocycles. The monoisotopic (exact) mass is 456 g/mol. The van der Waals surface area contributed by atoms with Crippen LogP contribution in [0.25, 0.3) is 11.3 Å². The maximum Gasteiger partial charge on any atom is 0.273 e. The van der Waals surface area contributed by atoms with Crippen LogP contribution in [0, 0.1) is 17.0 Å². The van der Waals surface area contributed by atoms with Crippen molar-refractivity contribution < 1.29 is 14.5 Å². The lowest BCUT2D eigenvalue weighted by atomic mass is 10.1. The Kier molecular flexibility index (Phi) is 7.37. The van der Waals surface area contributed by atoms with E-state index in [1.54, 1.807) is 19.1 Å². The number of hydrogen-bond donors (Lipinski definition) is 2. The minimum Gasteiger partial charge on any atom is -0.356 e. The summed E-state index contributed by atoms with van der Waals surface area (Å²) in [6.07, 6.45) is 0. The van der Waals surface area contributed by atoms with Crippen molar-refractivity contribution in [2.45, 2.75) is 18.2 Å². The molecule has 31 heavy (non-hydrogen) atoms. The van der Waals surface area contributed by atoms with Crippen LogP contribution in [0.1, 0.15) is 22.8 Å². The molecule has 2 N–H and O–H groups in total. The number of anilines is 1. The van der Waals surface area contributed by atoms with Crippen molar-refractivity contribution in [3.63, 3.8) is 0 Å². The van der Waals surface area contributed by atoms with Crippen molar-refractivity contribution in [1.29, 1.82) is 0 Å². The van der Waals surface area contributed by atoms with E-state index in [1.807, 2.05) is 37.3 Å². The predicted molar refractivity (Wildman–Crippen MR) is 123 cm³/mol. The number of thioether (sulfide) groups is 1. The number of aromatic nitrogens is 1. The number of nitrogens with zero attached hydrogens (tertiary/aromatic N) is 2. The number of hydrogen-bond acceptors (Lipinski definition) is 7. The van der Waals surface area contributed by atoms with Crippen LogP contribution < -0.4 is 10.6 Å². The molecule has 1 heterocycles. The Balaban J connectivity index is 1.88. The Hall–Kier alpha value is -3.24. The van der Waals surface area contributed by atoms with Crippen molar-refractivity contribution in [3.8, 4) is 11.3 Å². The zero-order chi connectivity index (χ0) is 22.4. The fourth-order valence-corrected chi connectivity index (χ4v) is 4.63. The number of nitro benzene ring substituents is 1. The van der Waals surface area contributed by atoms with Gasteiger partial charge in [0, 0.05) is 29.3 Å². The first kappa shape index (κ1) is 22.4. The molecule has 0 unspecified atom stereocenters. The van der Waals surface area contributed by atoms with Gasteiger partial charge in [0.2, 0.25) is 5.91 Å². The molecule has 2 aromatic carbocycles. The summed E-state index contributed by atoms with van der Waals surface area (Å²) in [5, 5.41) is 17.3. The first-order chi connectivity index (χ1) is 14.9. The highest BCUT2D eigenvalue weighted by molar-refractivity contribution is 8.01. The number of carbonyl (C=O) groups is 2. The number of rotatable bonds is 8. The Morgan fingerprint density at radius 1 is 1.19 bits per heavy atom. The standard InChI is InChI=1S/C21H20N4O4S2/c1-3-22-17(26)12-30-21-23-18(14-7-5-4-6-8-14)20(31-21)24-19(27)15-10-9-13(2)16(11-15)25(28)29/h4-11H,3,12H2,1-2H3,(H,22,26)(H,24,27). The van der Waals surface area contributed by atoms with Gasteiger partial charge in [0.25, 0.3) is 11.6 Å². The van der Waals surface area contributed by atoms with Gasteiger partial charge in [-0.3, -0.25) is 19.7 Å². The Morgan fingerprint density at radius 2 is 1.94 bits per heavy atom. The van der Waals surface area contributed by atoms with Crippen LogP contribution in [0.3, 0.4) is 0 Å². The molecular formula is C21H20N4O4S2. The number of aryl methyl sites for hydroxylation is 1. The van der Waals surface area contributed by atoms with Crippen molar-refractivity contribution in [2.75, 3.05) is 17.6 Å². The molecule has 0 fully saturated rings. The lowest BCUT2D eigenvalue weighted by Gasteiger charge is -2.06. The zero-order valence-corrected chi connectivity index (χ0v) is 18.5. The topological polar surface area (TPSA) is 114 Å². The van der Waals surface area contributed by atoms with Gasteiger partial charge in [0.15, 0.2) is 4.34 Å². The average Bonchev–Trinajstić information content (AvgIpc) is 3.15. The summed E-state index contributed by atoms with van der Waals surface area (Å²) in [6.45, 7) is 4.02. The van der Waals surface area contributed by atoms with Gasteiger partial charge in [-0.15, -0.1) is 0 Å². The molecule has 160 valence electrons. The quantitative estimate of drug-likeness (QED) is 0.293. The smallest absolute Gasteiger partial charge is 0.273 e. The molecule has 2 amide bonds. The van der Waals surface area contributed by atoms with Crippen LogP contribution >= 0.6 is 23.1 Å². The van der Waals surface area contributed by atoms with Gasteiger partial charge < -0.3 is 10.6 Å². The largest absolute Gasteiger partial charge is 0.356 e. The van der Waals surface area contributed by atoms with Crippen molar-refractivity contribution >= 4 is 45.6 Å². The maximum atomic E-state index is 12.8. The number of nitrogens with one attached hydrogen (secondary N) is 2. The molecule has 1 aromatic heterocycles. The maximum absolute atomic E-state index is 12.8. The van der Waals surface area contributed by atoms with Crippen LogP contribution in [0.15, 0.2) is 52.9 Å². The van der Waals surface area contributed by atoms with Crippen molar-refractivity contribution in [3.05, 3.63) is 69.8 Å². The molecule has 0 aliphatic heterocycles. The molecule has 0 aliphatic carbocycles.